The van der Waals surface area contributed by atoms with E-state index in [9.17, 15) is 9.59 Å². The summed E-state index contributed by atoms with van der Waals surface area (Å²) in [4.78, 5) is 28.8. The van der Waals surface area contributed by atoms with Crippen molar-refractivity contribution in [3.63, 3.8) is 0 Å². The average Bonchev–Trinajstić information content (AvgIpc) is 2.68. The van der Waals surface area contributed by atoms with E-state index in [1.54, 1.807) is 60.5 Å². The molecule has 0 aliphatic carbocycles. The van der Waals surface area contributed by atoms with Gasteiger partial charge in [0.2, 0.25) is 5.91 Å². The molecular weight excluding hydrogens is 378 g/mol. The third-order valence-corrected chi connectivity index (χ3v) is 4.38. The molecule has 28 heavy (non-hydrogen) atoms. The molecule has 0 saturated heterocycles. The maximum Gasteiger partial charge on any atom is 0.258 e. The fourth-order valence-electron chi connectivity index (χ4n) is 2.60. The second-order valence-electron chi connectivity index (χ2n) is 6.57. The van der Waals surface area contributed by atoms with Crippen LogP contribution in [-0.2, 0) is 4.79 Å². The van der Waals surface area contributed by atoms with Gasteiger partial charge in [0.05, 0.1) is 7.11 Å². The molecule has 150 valence electrons. The number of nitrogens with one attached hydrogen (secondary N) is 1. The first kappa shape index (κ1) is 21.7. The maximum atomic E-state index is 13.1. The number of carbonyl (C=O) groups is 2. The molecule has 0 aliphatic heterocycles. The van der Waals surface area contributed by atoms with Gasteiger partial charge in [-0.1, -0.05) is 17.7 Å². The molecule has 0 bridgehead atoms. The Hall–Kier alpha value is -2.57. The molecule has 0 atom stereocenters. The van der Waals surface area contributed by atoms with Crippen LogP contribution in [0.2, 0.25) is 5.02 Å². The Morgan fingerprint density at radius 1 is 1.07 bits per heavy atom. The Labute approximate surface area is 171 Å². The summed E-state index contributed by atoms with van der Waals surface area (Å²) in [6.07, 6.45) is 0.196. The number of rotatable bonds is 9. The fourth-order valence-corrected chi connectivity index (χ4v) is 2.79. The van der Waals surface area contributed by atoms with E-state index in [4.69, 9.17) is 16.3 Å². The van der Waals surface area contributed by atoms with E-state index < -0.39 is 0 Å². The first-order valence-corrected chi connectivity index (χ1v) is 9.41. The van der Waals surface area contributed by atoms with Crippen LogP contribution in [0.25, 0.3) is 0 Å². The van der Waals surface area contributed by atoms with Crippen molar-refractivity contribution in [2.24, 2.45) is 0 Å². The van der Waals surface area contributed by atoms with Crippen LogP contribution < -0.4 is 15.0 Å². The van der Waals surface area contributed by atoms with Gasteiger partial charge in [-0.15, -0.1) is 0 Å². The number of anilines is 1. The van der Waals surface area contributed by atoms with Gasteiger partial charge in [0.15, 0.2) is 0 Å². The van der Waals surface area contributed by atoms with Crippen LogP contribution in [0.3, 0.4) is 0 Å². The molecule has 1 N–H and O–H groups in total. The third-order valence-electron chi connectivity index (χ3n) is 4.15. The third kappa shape index (κ3) is 6.55. The maximum absolute atomic E-state index is 13.1. The normalized spacial score (nSPS) is 10.6. The summed E-state index contributed by atoms with van der Waals surface area (Å²) in [7, 11) is 5.46. The van der Waals surface area contributed by atoms with E-state index in [-0.39, 0.29) is 24.8 Å². The number of benzene rings is 2. The smallest absolute Gasteiger partial charge is 0.258 e. The van der Waals surface area contributed by atoms with Crippen molar-refractivity contribution >= 4 is 29.1 Å². The number of halogens is 1. The zero-order valence-electron chi connectivity index (χ0n) is 16.4. The SMILES string of the molecule is COc1ccc(C(=O)N(CCC(=O)NCCN(C)C)c2cccc(Cl)c2)cc1. The highest BCUT2D eigenvalue weighted by Gasteiger charge is 2.19. The Morgan fingerprint density at radius 2 is 1.79 bits per heavy atom. The van der Waals surface area contributed by atoms with E-state index in [1.165, 1.54) is 0 Å². The molecule has 0 spiro atoms. The first-order valence-electron chi connectivity index (χ1n) is 9.03. The highest BCUT2D eigenvalue weighted by molar-refractivity contribution is 6.31. The molecule has 7 heteroatoms. The largest absolute Gasteiger partial charge is 0.497 e. The number of carbonyl (C=O) groups excluding carboxylic acids is 2. The fraction of sp³-hybridized carbons (Fsp3) is 0.333. The number of ether oxygens (including phenoxy) is 1. The first-order chi connectivity index (χ1) is 13.4. The van der Waals surface area contributed by atoms with Gasteiger partial charge >= 0.3 is 0 Å². The van der Waals surface area contributed by atoms with Gasteiger partial charge in [-0.25, -0.2) is 0 Å². The van der Waals surface area contributed by atoms with Crippen molar-refractivity contribution in [2.75, 3.05) is 45.7 Å². The molecule has 2 aromatic rings. The van der Waals surface area contributed by atoms with E-state index >= 15 is 0 Å². The highest BCUT2D eigenvalue weighted by atomic mass is 35.5. The summed E-state index contributed by atoms with van der Waals surface area (Å²) in [6.45, 7) is 1.57. The van der Waals surface area contributed by atoms with Crippen LogP contribution in [0.15, 0.2) is 48.5 Å². The van der Waals surface area contributed by atoms with Crippen LogP contribution in [0.4, 0.5) is 5.69 Å². The van der Waals surface area contributed by atoms with Crippen LogP contribution in [-0.4, -0.2) is 57.6 Å². The summed E-state index contributed by atoms with van der Waals surface area (Å²) < 4.78 is 5.14. The number of hydrogen-bond donors (Lipinski definition) is 1. The minimum atomic E-state index is -0.203. The van der Waals surface area contributed by atoms with Crippen molar-refractivity contribution in [3.05, 3.63) is 59.1 Å². The zero-order valence-corrected chi connectivity index (χ0v) is 17.2. The lowest BCUT2D eigenvalue weighted by Crippen LogP contribution is -2.37. The lowest BCUT2D eigenvalue weighted by atomic mass is 10.1. The van der Waals surface area contributed by atoms with E-state index in [0.29, 0.717) is 28.6 Å². The van der Waals surface area contributed by atoms with E-state index in [2.05, 4.69) is 5.32 Å². The molecule has 0 heterocycles. The Morgan fingerprint density at radius 3 is 2.39 bits per heavy atom. The van der Waals surface area contributed by atoms with E-state index in [1.807, 2.05) is 19.0 Å². The molecule has 0 radical (unpaired) electrons. The molecule has 0 aliphatic rings. The lowest BCUT2D eigenvalue weighted by Gasteiger charge is -2.23. The summed E-state index contributed by atoms with van der Waals surface area (Å²) >= 11 is 6.10. The lowest BCUT2D eigenvalue weighted by molar-refractivity contribution is -0.120. The molecule has 2 rings (SSSR count). The number of likely N-dealkylation sites (N-methyl/N-ethyl adjacent to an activating group) is 1. The quantitative estimate of drug-likeness (QED) is 0.699. The predicted octanol–water partition coefficient (Wildman–Crippen LogP) is 3.06. The Bertz CT molecular complexity index is 794. The zero-order chi connectivity index (χ0) is 20.5. The molecule has 0 saturated carbocycles. The van der Waals surface area contributed by atoms with Crippen molar-refractivity contribution < 1.29 is 14.3 Å². The van der Waals surface area contributed by atoms with Crippen molar-refractivity contribution in [1.82, 2.24) is 10.2 Å². The second kappa shape index (κ2) is 10.7. The summed E-state index contributed by atoms with van der Waals surface area (Å²) in [5.41, 5.74) is 1.16. The van der Waals surface area contributed by atoms with Crippen molar-refractivity contribution in [2.45, 2.75) is 6.42 Å². The number of nitrogens with zero attached hydrogens (tertiary/aromatic N) is 2. The minimum Gasteiger partial charge on any atom is -0.497 e. The molecule has 0 aromatic heterocycles. The van der Waals surface area contributed by atoms with Gasteiger partial charge in [-0.2, -0.15) is 0 Å². The second-order valence-corrected chi connectivity index (χ2v) is 7.00. The van der Waals surface area contributed by atoms with Crippen molar-refractivity contribution in [1.29, 1.82) is 0 Å². The van der Waals surface area contributed by atoms with Crippen LogP contribution >= 0.6 is 11.6 Å². The molecular formula is C21H26ClN3O3. The molecule has 2 amide bonds. The van der Waals surface area contributed by atoms with Gasteiger partial charge in [0.1, 0.15) is 5.75 Å². The predicted molar refractivity (Wildman–Crippen MR) is 112 cm³/mol. The number of methoxy groups -OCH3 is 1. The van der Waals surface area contributed by atoms with Crippen LogP contribution in [0, 0.1) is 0 Å². The van der Waals surface area contributed by atoms with E-state index in [0.717, 1.165) is 6.54 Å². The van der Waals surface area contributed by atoms with Gasteiger partial charge in [-0.05, 0) is 56.6 Å². The summed E-state index contributed by atoms with van der Waals surface area (Å²) in [5, 5.41) is 3.39. The van der Waals surface area contributed by atoms with Gasteiger partial charge < -0.3 is 19.9 Å². The van der Waals surface area contributed by atoms with Crippen LogP contribution in [0.5, 0.6) is 5.75 Å². The van der Waals surface area contributed by atoms with Gasteiger partial charge in [-0.3, -0.25) is 9.59 Å². The Kier molecular flexibility index (Phi) is 8.29. The molecule has 6 nitrogen and oxygen atoms in total. The number of hydrogen-bond acceptors (Lipinski definition) is 4. The molecule has 0 fully saturated rings. The molecule has 0 unspecified atom stereocenters. The standard InChI is InChI=1S/C21H26ClN3O3/c1-24(2)14-12-23-20(26)11-13-25(18-6-4-5-17(22)15-18)21(27)16-7-9-19(28-3)10-8-16/h4-10,15H,11-14H2,1-3H3,(H,23,26). The topological polar surface area (TPSA) is 61.9 Å². The van der Waals surface area contributed by atoms with Gasteiger partial charge in [0.25, 0.3) is 5.91 Å². The number of amides is 2. The monoisotopic (exact) mass is 403 g/mol. The average molecular weight is 404 g/mol. The summed E-state index contributed by atoms with van der Waals surface area (Å²) in [6, 6.07) is 13.9. The minimum absolute atomic E-state index is 0.101. The highest BCUT2D eigenvalue weighted by Crippen LogP contribution is 2.22. The summed E-state index contributed by atoms with van der Waals surface area (Å²) in [5.74, 6) is 0.369. The van der Waals surface area contributed by atoms with Crippen LogP contribution in [0.1, 0.15) is 16.8 Å². The van der Waals surface area contributed by atoms with Crippen molar-refractivity contribution in [3.8, 4) is 5.75 Å². The van der Waals surface area contributed by atoms with Gasteiger partial charge in [0, 0.05) is 42.3 Å². The Balaban J connectivity index is 2.13. The molecule has 2 aromatic carbocycles.